The smallest absolute Gasteiger partial charge is 0.274 e. The van der Waals surface area contributed by atoms with Gasteiger partial charge in [0.25, 0.3) is 5.91 Å². The van der Waals surface area contributed by atoms with Gasteiger partial charge in [-0.1, -0.05) is 23.7 Å². The highest BCUT2D eigenvalue weighted by Crippen LogP contribution is 2.25. The van der Waals surface area contributed by atoms with Crippen LogP contribution in [0.5, 0.6) is 0 Å². The Hall–Kier alpha value is -2.07. The number of nitrogens with zero attached hydrogens (tertiary/aromatic N) is 1. The summed E-state index contributed by atoms with van der Waals surface area (Å²) in [5.74, 6) is -0.284. The summed E-state index contributed by atoms with van der Waals surface area (Å²) < 4.78 is 0. The Morgan fingerprint density at radius 3 is 2.79 bits per heavy atom. The van der Waals surface area contributed by atoms with Crippen LogP contribution in [0.3, 0.4) is 0 Å². The second kappa shape index (κ2) is 5.71. The minimum absolute atomic E-state index is 0.284. The van der Waals surface area contributed by atoms with Crippen LogP contribution in [0.2, 0.25) is 5.02 Å². The fourth-order valence-electron chi connectivity index (χ4n) is 1.68. The van der Waals surface area contributed by atoms with Crippen LogP contribution in [0.4, 0.5) is 11.4 Å². The van der Waals surface area contributed by atoms with Crippen molar-refractivity contribution in [2.24, 2.45) is 0 Å². The molecule has 0 fully saturated rings. The topological polar surface area (TPSA) is 54.0 Å². The molecule has 19 heavy (non-hydrogen) atoms. The predicted molar refractivity (Wildman–Crippen MR) is 77.9 cm³/mol. The number of carbonyl (C=O) groups excluding carboxylic acids is 1. The summed E-state index contributed by atoms with van der Waals surface area (Å²) in [6.07, 6.45) is 1.58. The number of hydrogen-bond acceptors (Lipinski definition) is 3. The van der Waals surface area contributed by atoms with Crippen LogP contribution in [-0.4, -0.2) is 17.9 Å². The van der Waals surface area contributed by atoms with Crippen LogP contribution in [0.25, 0.3) is 0 Å². The van der Waals surface area contributed by atoms with Crippen LogP contribution in [0.1, 0.15) is 16.1 Å². The summed E-state index contributed by atoms with van der Waals surface area (Å²) in [6.45, 7) is 1.89. The van der Waals surface area contributed by atoms with Gasteiger partial charge in [0.15, 0.2) is 0 Å². The average Bonchev–Trinajstić information content (AvgIpc) is 2.43. The van der Waals surface area contributed by atoms with Gasteiger partial charge in [-0.15, -0.1) is 0 Å². The Kier molecular flexibility index (Phi) is 4.02. The van der Waals surface area contributed by atoms with Crippen LogP contribution < -0.4 is 10.6 Å². The Bertz CT molecular complexity index is 593. The number of pyridine rings is 1. The van der Waals surface area contributed by atoms with E-state index < -0.39 is 0 Å². The van der Waals surface area contributed by atoms with E-state index in [1.807, 2.05) is 19.1 Å². The second-order valence-corrected chi connectivity index (χ2v) is 4.47. The maximum absolute atomic E-state index is 12.1. The van der Waals surface area contributed by atoms with E-state index in [0.29, 0.717) is 16.4 Å². The third-order valence-corrected chi connectivity index (χ3v) is 3.06. The fraction of sp³-hybridized carbons (Fsp3) is 0.143. The van der Waals surface area contributed by atoms with E-state index in [9.17, 15) is 4.79 Å². The summed E-state index contributed by atoms with van der Waals surface area (Å²) in [5, 5.41) is 6.26. The van der Waals surface area contributed by atoms with Crippen molar-refractivity contribution in [3.63, 3.8) is 0 Å². The number of para-hydroxylation sites is 1. The van der Waals surface area contributed by atoms with Gasteiger partial charge in [-0.2, -0.15) is 0 Å². The first-order chi connectivity index (χ1) is 9.11. The minimum Gasteiger partial charge on any atom is -0.388 e. The van der Waals surface area contributed by atoms with E-state index in [2.05, 4.69) is 15.6 Å². The van der Waals surface area contributed by atoms with Crippen molar-refractivity contribution in [2.45, 2.75) is 6.92 Å². The first-order valence-electron chi connectivity index (χ1n) is 5.82. The molecule has 2 rings (SSSR count). The van der Waals surface area contributed by atoms with Gasteiger partial charge < -0.3 is 10.6 Å². The van der Waals surface area contributed by atoms with Gasteiger partial charge in [-0.3, -0.25) is 9.78 Å². The molecule has 1 heterocycles. The predicted octanol–water partition coefficient (Wildman–Crippen LogP) is 3.34. The van der Waals surface area contributed by atoms with Crippen molar-refractivity contribution < 1.29 is 4.79 Å². The molecule has 0 bridgehead atoms. The summed E-state index contributed by atoms with van der Waals surface area (Å²) >= 11 is 6.07. The molecule has 2 aromatic rings. The Morgan fingerprint density at radius 2 is 2.11 bits per heavy atom. The lowest BCUT2D eigenvalue weighted by Crippen LogP contribution is -2.15. The molecule has 0 saturated carbocycles. The van der Waals surface area contributed by atoms with Crippen molar-refractivity contribution >= 4 is 28.9 Å². The van der Waals surface area contributed by atoms with Gasteiger partial charge in [0, 0.05) is 18.9 Å². The molecule has 0 radical (unpaired) electrons. The molecule has 1 aromatic heterocycles. The summed E-state index contributed by atoms with van der Waals surface area (Å²) in [4.78, 5) is 16.2. The zero-order valence-corrected chi connectivity index (χ0v) is 11.5. The number of anilines is 2. The lowest BCUT2D eigenvalue weighted by atomic mass is 10.2. The SMILES string of the molecule is CNc1ccnc(C(=O)Nc2c(C)cccc2Cl)c1. The molecule has 0 saturated heterocycles. The maximum atomic E-state index is 12.1. The number of nitrogens with one attached hydrogen (secondary N) is 2. The minimum atomic E-state index is -0.284. The quantitative estimate of drug-likeness (QED) is 0.903. The largest absolute Gasteiger partial charge is 0.388 e. The number of carbonyl (C=O) groups is 1. The number of rotatable bonds is 3. The van der Waals surface area contributed by atoms with E-state index in [-0.39, 0.29) is 5.91 Å². The van der Waals surface area contributed by atoms with Gasteiger partial charge in [0.1, 0.15) is 5.69 Å². The van der Waals surface area contributed by atoms with Crippen LogP contribution in [0, 0.1) is 6.92 Å². The number of aromatic nitrogens is 1. The van der Waals surface area contributed by atoms with Crippen molar-refractivity contribution in [2.75, 3.05) is 17.7 Å². The molecule has 0 atom stereocenters. The monoisotopic (exact) mass is 275 g/mol. The highest BCUT2D eigenvalue weighted by atomic mass is 35.5. The first kappa shape index (κ1) is 13.4. The third-order valence-electron chi connectivity index (χ3n) is 2.74. The van der Waals surface area contributed by atoms with E-state index in [1.165, 1.54) is 0 Å². The zero-order valence-electron chi connectivity index (χ0n) is 10.7. The van der Waals surface area contributed by atoms with Gasteiger partial charge in [-0.05, 0) is 30.7 Å². The molecular weight excluding hydrogens is 262 g/mol. The molecule has 0 aliphatic rings. The molecular formula is C14H14ClN3O. The highest BCUT2D eigenvalue weighted by molar-refractivity contribution is 6.34. The van der Waals surface area contributed by atoms with Crippen LogP contribution >= 0.6 is 11.6 Å². The number of hydrogen-bond donors (Lipinski definition) is 2. The standard InChI is InChI=1S/C14H14ClN3O/c1-9-4-3-5-11(15)13(9)18-14(19)12-8-10(16-2)6-7-17-12/h3-8H,1-2H3,(H,16,17)(H,18,19). The Labute approximate surface area is 116 Å². The van der Waals surface area contributed by atoms with E-state index >= 15 is 0 Å². The van der Waals surface area contributed by atoms with Gasteiger partial charge >= 0.3 is 0 Å². The number of benzene rings is 1. The van der Waals surface area contributed by atoms with E-state index in [1.54, 1.807) is 31.4 Å². The lowest BCUT2D eigenvalue weighted by molar-refractivity contribution is 0.102. The Morgan fingerprint density at radius 1 is 1.32 bits per heavy atom. The zero-order chi connectivity index (χ0) is 13.8. The summed E-state index contributed by atoms with van der Waals surface area (Å²) in [7, 11) is 1.79. The number of aryl methyl sites for hydroxylation is 1. The van der Waals surface area contributed by atoms with Gasteiger partial charge in [0.2, 0.25) is 0 Å². The normalized spacial score (nSPS) is 10.1. The summed E-state index contributed by atoms with van der Waals surface area (Å²) in [5.41, 5.74) is 2.69. The second-order valence-electron chi connectivity index (χ2n) is 4.07. The summed E-state index contributed by atoms with van der Waals surface area (Å²) in [6, 6.07) is 8.94. The van der Waals surface area contributed by atoms with Gasteiger partial charge in [-0.25, -0.2) is 0 Å². The molecule has 0 aliphatic carbocycles. The van der Waals surface area contributed by atoms with Crippen LogP contribution in [-0.2, 0) is 0 Å². The third kappa shape index (κ3) is 3.03. The molecule has 5 heteroatoms. The Balaban J connectivity index is 2.25. The molecule has 1 aromatic carbocycles. The molecule has 0 spiro atoms. The van der Waals surface area contributed by atoms with Crippen LogP contribution in [0.15, 0.2) is 36.5 Å². The number of halogens is 1. The first-order valence-corrected chi connectivity index (χ1v) is 6.20. The molecule has 4 nitrogen and oxygen atoms in total. The number of amides is 1. The molecule has 0 aliphatic heterocycles. The van der Waals surface area contributed by atoms with Gasteiger partial charge in [0.05, 0.1) is 10.7 Å². The van der Waals surface area contributed by atoms with E-state index in [0.717, 1.165) is 11.3 Å². The molecule has 2 N–H and O–H groups in total. The van der Waals surface area contributed by atoms with Crippen molar-refractivity contribution in [3.8, 4) is 0 Å². The molecule has 0 unspecified atom stereocenters. The fourth-order valence-corrected chi connectivity index (χ4v) is 1.95. The molecule has 1 amide bonds. The van der Waals surface area contributed by atoms with Crippen molar-refractivity contribution in [1.29, 1.82) is 0 Å². The lowest BCUT2D eigenvalue weighted by Gasteiger charge is -2.10. The average molecular weight is 276 g/mol. The molecule has 98 valence electrons. The van der Waals surface area contributed by atoms with E-state index in [4.69, 9.17) is 11.6 Å². The van der Waals surface area contributed by atoms with Crippen molar-refractivity contribution in [3.05, 3.63) is 52.8 Å². The highest BCUT2D eigenvalue weighted by Gasteiger charge is 2.11. The maximum Gasteiger partial charge on any atom is 0.274 e. The van der Waals surface area contributed by atoms with Crippen molar-refractivity contribution in [1.82, 2.24) is 4.98 Å².